The van der Waals surface area contributed by atoms with Gasteiger partial charge in [-0.15, -0.1) is 0 Å². The number of hydrogen-bond donors (Lipinski definition) is 2. The van der Waals surface area contributed by atoms with Gasteiger partial charge in [0.15, 0.2) is 5.78 Å². The van der Waals surface area contributed by atoms with Crippen molar-refractivity contribution >= 4 is 22.5 Å². The number of benzene rings is 1. The summed E-state index contributed by atoms with van der Waals surface area (Å²) in [6.07, 6.45) is 6.46. The molecule has 10 heteroatoms. The standard InChI is InChI=1S/C30H29F2N5O3/c1-40-19-10-21(31)29(22(32)11-19)18-8-26-24(35-13-18)4-5-25(36-26)28(38)9-17-12-34-7-6-27(17)37-14-20(16-2-3-16)30(39)23(33)15-37/h4-8,10-13,16,20,23,30,39H,2-3,9,14-15,33H2,1H3/t20-,23-,30-/m1/s1. The summed E-state index contributed by atoms with van der Waals surface area (Å²) < 4.78 is 34.3. The maximum absolute atomic E-state index is 14.7. The normalized spacial score (nSPS) is 21.0. The summed E-state index contributed by atoms with van der Waals surface area (Å²) in [6, 6.07) is 8.47. The molecular formula is C30H29F2N5O3. The SMILES string of the molecule is COc1cc(F)c(-c2cnc3ccc(C(=O)Cc4cnccc4N4C[C@@H](N)[C@H](O)[C@@H](C5CC5)C4)nc3c2)c(F)c1. The number of fused-ring (bicyclic) bond motifs is 1. The molecule has 1 saturated heterocycles. The van der Waals surface area contributed by atoms with E-state index < -0.39 is 17.7 Å². The van der Waals surface area contributed by atoms with Crippen LogP contribution < -0.4 is 15.4 Å². The number of nitrogens with zero attached hydrogens (tertiary/aromatic N) is 4. The molecule has 0 amide bonds. The van der Waals surface area contributed by atoms with Crippen molar-refractivity contribution in [2.24, 2.45) is 17.6 Å². The fourth-order valence-corrected chi connectivity index (χ4v) is 5.64. The minimum absolute atomic E-state index is 0.0545. The molecule has 0 radical (unpaired) electrons. The first-order chi connectivity index (χ1) is 19.3. The molecule has 1 aliphatic carbocycles. The second-order valence-electron chi connectivity index (χ2n) is 10.6. The summed E-state index contributed by atoms with van der Waals surface area (Å²) in [5, 5.41) is 10.6. The van der Waals surface area contributed by atoms with Crippen LogP contribution in [0.25, 0.3) is 22.2 Å². The summed E-state index contributed by atoms with van der Waals surface area (Å²) in [4.78, 5) is 28.6. The van der Waals surface area contributed by atoms with E-state index in [2.05, 4.69) is 19.9 Å². The molecule has 3 aromatic heterocycles. The zero-order valence-electron chi connectivity index (χ0n) is 21.9. The van der Waals surface area contributed by atoms with Crippen molar-refractivity contribution in [3.05, 3.63) is 77.9 Å². The first-order valence-corrected chi connectivity index (χ1v) is 13.3. The minimum Gasteiger partial charge on any atom is -0.497 e. The fourth-order valence-electron chi connectivity index (χ4n) is 5.64. The summed E-state index contributed by atoms with van der Waals surface area (Å²) in [7, 11) is 1.33. The number of hydrogen-bond acceptors (Lipinski definition) is 8. The smallest absolute Gasteiger partial charge is 0.185 e. The van der Waals surface area contributed by atoms with Gasteiger partial charge in [0.2, 0.25) is 0 Å². The molecular weight excluding hydrogens is 516 g/mol. The van der Waals surface area contributed by atoms with Crippen LogP contribution in [0.1, 0.15) is 28.9 Å². The van der Waals surface area contributed by atoms with Crippen LogP contribution in [0, 0.1) is 23.5 Å². The van der Waals surface area contributed by atoms with Crippen LogP contribution in [0.2, 0.25) is 0 Å². The zero-order chi connectivity index (χ0) is 28.0. The first-order valence-electron chi connectivity index (χ1n) is 13.3. The number of nitrogens with two attached hydrogens (primary N) is 1. The van der Waals surface area contributed by atoms with Crippen LogP contribution in [0.3, 0.4) is 0 Å². The molecule has 2 aliphatic rings. The van der Waals surface area contributed by atoms with Crippen LogP contribution >= 0.6 is 0 Å². The van der Waals surface area contributed by atoms with Gasteiger partial charge in [0.25, 0.3) is 0 Å². The maximum atomic E-state index is 14.7. The van der Waals surface area contributed by atoms with E-state index in [1.54, 1.807) is 24.5 Å². The van der Waals surface area contributed by atoms with Crippen LogP contribution in [-0.4, -0.2) is 58.2 Å². The van der Waals surface area contributed by atoms with Crippen molar-refractivity contribution in [3.63, 3.8) is 0 Å². The molecule has 0 spiro atoms. The number of anilines is 1. The van der Waals surface area contributed by atoms with E-state index >= 15 is 0 Å². The molecule has 206 valence electrons. The number of aliphatic hydroxyl groups excluding tert-OH is 1. The quantitative estimate of drug-likeness (QED) is 0.336. The summed E-state index contributed by atoms with van der Waals surface area (Å²) in [5.74, 6) is -1.16. The van der Waals surface area contributed by atoms with Gasteiger partial charge in [-0.1, -0.05) is 0 Å². The number of carbonyl (C=O) groups is 1. The van der Waals surface area contributed by atoms with Crippen molar-refractivity contribution < 1.29 is 23.4 Å². The largest absolute Gasteiger partial charge is 0.497 e. The van der Waals surface area contributed by atoms with E-state index in [0.29, 0.717) is 30.0 Å². The number of aromatic nitrogens is 3. The number of Topliss-reactive ketones (excluding diaryl/α,β-unsaturated/α-hetero) is 1. The predicted octanol–water partition coefficient (Wildman–Crippen LogP) is 3.94. The fraction of sp³-hybridized carbons (Fsp3) is 0.333. The molecule has 1 saturated carbocycles. The van der Waals surface area contributed by atoms with E-state index in [1.807, 2.05) is 6.07 Å². The van der Waals surface area contributed by atoms with Crippen molar-refractivity contribution in [2.75, 3.05) is 25.1 Å². The molecule has 6 rings (SSSR count). The highest BCUT2D eigenvalue weighted by molar-refractivity contribution is 5.98. The second-order valence-corrected chi connectivity index (χ2v) is 10.6. The molecule has 3 atom stereocenters. The number of methoxy groups -OCH3 is 1. The van der Waals surface area contributed by atoms with Crippen molar-refractivity contribution in [2.45, 2.75) is 31.4 Å². The third-order valence-corrected chi connectivity index (χ3v) is 7.90. The van der Waals surface area contributed by atoms with Gasteiger partial charge < -0.3 is 20.5 Å². The first kappa shape index (κ1) is 26.2. The van der Waals surface area contributed by atoms with Gasteiger partial charge in [-0.25, -0.2) is 13.8 Å². The lowest BCUT2D eigenvalue weighted by Gasteiger charge is -2.42. The topological polar surface area (TPSA) is 114 Å². The Morgan fingerprint density at radius 1 is 1.10 bits per heavy atom. The van der Waals surface area contributed by atoms with E-state index in [0.717, 1.165) is 36.2 Å². The third-order valence-electron chi connectivity index (χ3n) is 7.90. The summed E-state index contributed by atoms with van der Waals surface area (Å²) >= 11 is 0. The molecule has 4 aromatic rings. The van der Waals surface area contributed by atoms with Crippen molar-refractivity contribution in [3.8, 4) is 16.9 Å². The van der Waals surface area contributed by atoms with Crippen molar-refractivity contribution in [1.29, 1.82) is 0 Å². The van der Waals surface area contributed by atoms with E-state index in [4.69, 9.17) is 10.5 Å². The molecule has 40 heavy (non-hydrogen) atoms. The molecule has 2 fully saturated rings. The molecule has 1 aromatic carbocycles. The predicted molar refractivity (Wildman–Crippen MR) is 146 cm³/mol. The number of carbonyl (C=O) groups excluding carboxylic acids is 1. The van der Waals surface area contributed by atoms with E-state index in [-0.39, 0.29) is 46.7 Å². The van der Waals surface area contributed by atoms with Gasteiger partial charge >= 0.3 is 0 Å². The number of rotatable bonds is 7. The van der Waals surface area contributed by atoms with Crippen LogP contribution in [0.4, 0.5) is 14.5 Å². The third kappa shape index (κ3) is 5.00. The average molecular weight is 546 g/mol. The Balaban J connectivity index is 1.27. The van der Waals surface area contributed by atoms with Gasteiger partial charge in [0.1, 0.15) is 23.1 Å². The van der Waals surface area contributed by atoms with Gasteiger partial charge in [0, 0.05) is 79.0 Å². The molecule has 4 heterocycles. The van der Waals surface area contributed by atoms with Crippen LogP contribution in [0.15, 0.2) is 55.0 Å². The number of halogens is 2. The van der Waals surface area contributed by atoms with Gasteiger partial charge in [-0.05, 0) is 43.0 Å². The number of ether oxygens (including phenoxy) is 1. The van der Waals surface area contributed by atoms with Crippen molar-refractivity contribution in [1.82, 2.24) is 15.0 Å². The Morgan fingerprint density at radius 2 is 1.88 bits per heavy atom. The lowest BCUT2D eigenvalue weighted by atomic mass is 9.87. The Kier molecular flexibility index (Phi) is 6.89. The van der Waals surface area contributed by atoms with Gasteiger partial charge in [-0.3, -0.25) is 14.8 Å². The van der Waals surface area contributed by atoms with Crippen LogP contribution in [0.5, 0.6) is 5.75 Å². The highest BCUT2D eigenvalue weighted by Gasteiger charge is 2.43. The Bertz CT molecular complexity index is 1570. The molecule has 0 unspecified atom stereocenters. The Hall–Kier alpha value is -4.02. The number of ketones is 1. The highest BCUT2D eigenvalue weighted by Crippen LogP contribution is 2.42. The van der Waals surface area contributed by atoms with Crippen LogP contribution in [-0.2, 0) is 6.42 Å². The number of aliphatic hydroxyl groups is 1. The van der Waals surface area contributed by atoms with E-state index in [1.165, 1.54) is 19.4 Å². The monoisotopic (exact) mass is 545 g/mol. The lowest BCUT2D eigenvalue weighted by Crippen LogP contribution is -2.57. The van der Waals surface area contributed by atoms with E-state index in [9.17, 15) is 18.7 Å². The minimum atomic E-state index is -0.789. The average Bonchev–Trinajstić information content (AvgIpc) is 3.79. The second kappa shape index (κ2) is 10.5. The lowest BCUT2D eigenvalue weighted by molar-refractivity contribution is 0.0593. The molecule has 0 bridgehead atoms. The Labute approximate surface area is 229 Å². The molecule has 3 N–H and O–H groups in total. The number of piperidine rings is 1. The zero-order valence-corrected chi connectivity index (χ0v) is 21.9. The summed E-state index contributed by atoms with van der Waals surface area (Å²) in [5.41, 5.74) is 8.90. The van der Waals surface area contributed by atoms with Gasteiger partial charge in [0.05, 0.1) is 29.8 Å². The maximum Gasteiger partial charge on any atom is 0.185 e. The Morgan fingerprint density at radius 3 is 2.60 bits per heavy atom. The molecule has 8 nitrogen and oxygen atoms in total. The molecule has 1 aliphatic heterocycles. The highest BCUT2D eigenvalue weighted by atomic mass is 19.1. The summed E-state index contributed by atoms with van der Waals surface area (Å²) in [6.45, 7) is 1.16. The number of pyridine rings is 3. The van der Waals surface area contributed by atoms with Gasteiger partial charge in [-0.2, -0.15) is 0 Å².